The topological polar surface area (TPSA) is 192 Å². The number of urea groups is 1. The minimum atomic E-state index is -4.90. The van der Waals surface area contributed by atoms with Crippen molar-refractivity contribution in [1.82, 2.24) is 19.2 Å². The molecule has 40 heavy (non-hydrogen) atoms. The van der Waals surface area contributed by atoms with Crippen LogP contribution in [-0.4, -0.2) is 71.8 Å². The van der Waals surface area contributed by atoms with Crippen molar-refractivity contribution in [1.29, 1.82) is 5.26 Å². The Hall–Kier alpha value is -3.18. The van der Waals surface area contributed by atoms with Crippen molar-refractivity contribution in [3.8, 4) is 6.07 Å². The monoisotopic (exact) mass is 580 g/mol. The summed E-state index contributed by atoms with van der Waals surface area (Å²) in [6.07, 6.45) is 5.70. The van der Waals surface area contributed by atoms with Crippen molar-refractivity contribution in [2.24, 2.45) is 17.1 Å². The van der Waals surface area contributed by atoms with Gasteiger partial charge >= 0.3 is 22.3 Å². The Labute approximate surface area is 235 Å². The summed E-state index contributed by atoms with van der Waals surface area (Å²) in [7, 11) is -4.90. The highest BCUT2D eigenvalue weighted by molar-refractivity contribution is 7.88. The van der Waals surface area contributed by atoms with Gasteiger partial charge in [0.2, 0.25) is 5.91 Å². The molecular weight excluding hydrogens is 540 g/mol. The Morgan fingerprint density at radius 2 is 1.98 bits per heavy atom. The predicted molar refractivity (Wildman–Crippen MR) is 144 cm³/mol. The van der Waals surface area contributed by atoms with Crippen LogP contribution < -0.4 is 15.8 Å². The number of carbonyl (C=O) groups is 4. The Morgan fingerprint density at radius 3 is 2.60 bits per heavy atom. The third kappa shape index (κ3) is 6.58. The second-order valence-corrected chi connectivity index (χ2v) is 13.2. The first-order chi connectivity index (χ1) is 18.7. The zero-order valence-electron chi connectivity index (χ0n) is 23.5. The smallest absolute Gasteiger partial charge is 0.434 e. The van der Waals surface area contributed by atoms with Gasteiger partial charge in [-0.1, -0.05) is 39.3 Å². The first-order valence-electron chi connectivity index (χ1n) is 13.7. The first-order valence-corrected chi connectivity index (χ1v) is 15.1. The van der Waals surface area contributed by atoms with E-state index in [0.29, 0.717) is 25.7 Å². The number of nitriles is 1. The molecule has 14 heteroatoms. The zero-order chi connectivity index (χ0) is 29.9. The summed E-state index contributed by atoms with van der Waals surface area (Å²) >= 11 is 0. The maximum Gasteiger partial charge on any atom is 0.434 e. The molecule has 0 bridgehead atoms. The molecule has 0 aromatic carbocycles. The van der Waals surface area contributed by atoms with E-state index in [1.807, 2.05) is 25.5 Å². The summed E-state index contributed by atoms with van der Waals surface area (Å²) in [6.45, 7) is 7.07. The molecule has 3 aliphatic rings. The third-order valence-electron chi connectivity index (χ3n) is 7.78. The van der Waals surface area contributed by atoms with Crippen molar-refractivity contribution in [3.05, 3.63) is 12.2 Å². The van der Waals surface area contributed by atoms with E-state index in [-0.39, 0.29) is 35.1 Å². The molecule has 5 atom stereocenters. The molecule has 2 aliphatic heterocycles. The van der Waals surface area contributed by atoms with Crippen LogP contribution in [0.5, 0.6) is 0 Å². The maximum atomic E-state index is 14.1. The number of nitrogens with two attached hydrogens (primary N) is 1. The largest absolute Gasteiger partial charge is 0.435 e. The van der Waals surface area contributed by atoms with Crippen molar-refractivity contribution in [3.63, 3.8) is 0 Å². The molecule has 0 spiro atoms. The lowest BCUT2D eigenvalue weighted by Crippen LogP contribution is -2.66. The Balaban J connectivity index is 1.96. The summed E-state index contributed by atoms with van der Waals surface area (Å²) < 4.78 is 32.2. The fourth-order valence-electron chi connectivity index (χ4n) is 5.58. The van der Waals surface area contributed by atoms with E-state index in [9.17, 15) is 27.6 Å². The molecule has 222 valence electrons. The lowest BCUT2D eigenvalue weighted by Gasteiger charge is -2.47. The number of nitrogens with zero attached hydrogens (tertiary/aromatic N) is 3. The van der Waals surface area contributed by atoms with Crippen molar-refractivity contribution in [2.45, 2.75) is 103 Å². The van der Waals surface area contributed by atoms with Crippen LogP contribution in [0, 0.1) is 22.7 Å². The molecule has 1 aliphatic carbocycles. The van der Waals surface area contributed by atoms with Gasteiger partial charge in [0.05, 0.1) is 6.07 Å². The van der Waals surface area contributed by atoms with Gasteiger partial charge in [-0.05, 0) is 63.2 Å². The second-order valence-electron chi connectivity index (χ2n) is 11.7. The minimum Gasteiger partial charge on any atom is -0.435 e. The van der Waals surface area contributed by atoms with Gasteiger partial charge in [-0.3, -0.25) is 9.59 Å². The van der Waals surface area contributed by atoms with E-state index in [1.165, 1.54) is 11.8 Å². The quantitative estimate of drug-likeness (QED) is 0.421. The van der Waals surface area contributed by atoms with Crippen LogP contribution in [0.2, 0.25) is 0 Å². The van der Waals surface area contributed by atoms with Crippen molar-refractivity contribution in [2.75, 3.05) is 6.54 Å². The van der Waals surface area contributed by atoms with Gasteiger partial charge in [-0.15, -0.1) is 4.31 Å². The van der Waals surface area contributed by atoms with E-state index >= 15 is 0 Å². The van der Waals surface area contributed by atoms with Gasteiger partial charge in [0.15, 0.2) is 6.10 Å². The number of fused-ring (bicyclic) bond motifs is 2. The first kappa shape index (κ1) is 31.3. The number of nitrogens with one attached hydrogen (secondary N) is 2. The van der Waals surface area contributed by atoms with Gasteiger partial charge in [0.25, 0.3) is 5.91 Å². The highest BCUT2D eigenvalue weighted by Crippen LogP contribution is 2.45. The predicted octanol–water partition coefficient (Wildman–Crippen LogP) is 2.05. The number of hydrogen-bond donors (Lipinski definition) is 3. The van der Waals surface area contributed by atoms with E-state index in [4.69, 9.17) is 15.7 Å². The third-order valence-corrected chi connectivity index (χ3v) is 9.25. The average molecular weight is 581 g/mol. The molecule has 13 nitrogen and oxygen atoms in total. The number of imide groups is 1. The van der Waals surface area contributed by atoms with Crippen LogP contribution in [0.15, 0.2) is 12.2 Å². The van der Waals surface area contributed by atoms with E-state index < -0.39 is 51.3 Å². The van der Waals surface area contributed by atoms with Crippen LogP contribution in [0.4, 0.5) is 9.59 Å². The molecular formula is C26H40N6O7S. The van der Waals surface area contributed by atoms with Gasteiger partial charge in [0, 0.05) is 12.6 Å². The summed E-state index contributed by atoms with van der Waals surface area (Å²) in [5.41, 5.74) is 3.28. The van der Waals surface area contributed by atoms with E-state index in [0.717, 1.165) is 19.3 Å². The standard InChI is InChI=1S/C26H40N6O7S/c1-17(16-27)30-40(37,38)32(23(28)35)24(36)39-20-12-9-7-5-6-8-11-18-15-19(18)29-22(34)26(25(2,3)4)13-10-14-31(26)21(20)33/h8,11,17-20,30H,5-7,9-10,12-15H2,1-4H3,(H2,28,35)(H,29,34)/b11-8+. The van der Waals surface area contributed by atoms with Crippen LogP contribution >= 0.6 is 0 Å². The number of rotatable bonds is 4. The summed E-state index contributed by atoms with van der Waals surface area (Å²) in [6, 6.07) is -1.34. The van der Waals surface area contributed by atoms with Crippen LogP contribution in [0.1, 0.15) is 79.1 Å². The normalized spacial score (nSPS) is 29.4. The molecule has 1 saturated carbocycles. The SMILES string of the molecule is CC(C#N)NS(=O)(=O)N(C(N)=O)C(=O)OC1CCCCC/C=C/C2CC2NC(=O)C2(C(C)(C)C)CCCN2C1=O. The Bertz CT molecular complexity index is 1190. The van der Waals surface area contributed by atoms with Gasteiger partial charge in [-0.2, -0.15) is 18.4 Å². The molecule has 0 aromatic heterocycles. The molecule has 4 N–H and O–H groups in total. The molecule has 5 amide bonds. The summed E-state index contributed by atoms with van der Waals surface area (Å²) in [4.78, 5) is 54.5. The van der Waals surface area contributed by atoms with Crippen molar-refractivity contribution >= 4 is 34.1 Å². The van der Waals surface area contributed by atoms with Gasteiger partial charge < -0.3 is 20.7 Å². The molecule has 0 radical (unpaired) electrons. The maximum absolute atomic E-state index is 14.1. The molecule has 2 heterocycles. The van der Waals surface area contributed by atoms with Crippen LogP contribution in [0.25, 0.3) is 0 Å². The molecule has 1 saturated heterocycles. The van der Waals surface area contributed by atoms with Gasteiger partial charge in [-0.25, -0.2) is 9.59 Å². The number of primary amides is 1. The number of carbonyl (C=O) groups excluding carboxylic acids is 4. The van der Waals surface area contributed by atoms with Gasteiger partial charge in [0.1, 0.15) is 11.6 Å². The Morgan fingerprint density at radius 1 is 1.27 bits per heavy atom. The second kappa shape index (κ2) is 12.1. The number of allylic oxidation sites excluding steroid dienone is 1. The van der Waals surface area contributed by atoms with Crippen molar-refractivity contribution < 1.29 is 32.3 Å². The summed E-state index contributed by atoms with van der Waals surface area (Å²) in [5.74, 6) is -0.663. The minimum absolute atomic E-state index is 0.0167. The molecule has 0 aromatic rings. The fourth-order valence-corrected chi connectivity index (χ4v) is 6.66. The zero-order valence-corrected chi connectivity index (χ0v) is 24.3. The Kier molecular flexibility index (Phi) is 9.51. The van der Waals surface area contributed by atoms with E-state index in [1.54, 1.807) is 6.07 Å². The van der Waals surface area contributed by atoms with Crippen LogP contribution in [-0.2, 0) is 24.5 Å². The molecule has 2 fully saturated rings. The number of hydrogen-bond acceptors (Lipinski definition) is 8. The molecule has 5 unspecified atom stereocenters. The fraction of sp³-hybridized carbons (Fsp3) is 0.731. The summed E-state index contributed by atoms with van der Waals surface area (Å²) in [5, 5.41) is 12.1. The number of ether oxygens (including phenoxy) is 1. The number of amides is 5. The lowest BCUT2D eigenvalue weighted by molar-refractivity contribution is -0.158. The highest BCUT2D eigenvalue weighted by atomic mass is 32.2. The van der Waals surface area contributed by atoms with E-state index in [2.05, 4.69) is 17.5 Å². The lowest BCUT2D eigenvalue weighted by atomic mass is 9.70. The van der Waals surface area contributed by atoms with Crippen LogP contribution in [0.3, 0.4) is 0 Å². The average Bonchev–Trinajstić information content (AvgIpc) is 3.39. The highest BCUT2D eigenvalue weighted by Gasteiger charge is 2.59. The molecule has 3 rings (SSSR count).